The van der Waals surface area contributed by atoms with Crippen LogP contribution in [0.25, 0.3) is 0 Å². The molecular weight excluding hydrogens is 251 g/mol. The molecule has 106 valence electrons. The van der Waals surface area contributed by atoms with Crippen molar-refractivity contribution in [2.24, 2.45) is 5.73 Å². The average Bonchev–Trinajstić information content (AvgIpc) is 2.47. The van der Waals surface area contributed by atoms with Gasteiger partial charge < -0.3 is 10.6 Å². The van der Waals surface area contributed by atoms with Gasteiger partial charge in [-0.2, -0.15) is 0 Å². The van der Waals surface area contributed by atoms with Crippen LogP contribution in [0.2, 0.25) is 0 Å². The third kappa shape index (κ3) is 3.36. The largest absolute Gasteiger partial charge is 0.368 e. The Bertz CT molecular complexity index is 564. The van der Waals surface area contributed by atoms with E-state index in [4.69, 9.17) is 5.73 Å². The Labute approximate surface area is 120 Å². The minimum Gasteiger partial charge on any atom is -0.368 e. The zero-order chi connectivity index (χ0) is 14.5. The van der Waals surface area contributed by atoms with Crippen molar-refractivity contribution in [1.82, 2.24) is 0 Å². The number of hydrogen-bond acceptors (Lipinski definition) is 2. The molecule has 2 rings (SSSR count). The van der Waals surface area contributed by atoms with Crippen molar-refractivity contribution in [3.63, 3.8) is 0 Å². The van der Waals surface area contributed by atoms with Crippen LogP contribution in [0.5, 0.6) is 0 Å². The molecule has 0 aliphatic rings. The molecule has 2 N–H and O–H groups in total. The van der Waals surface area contributed by atoms with E-state index in [0.717, 1.165) is 12.0 Å². The summed E-state index contributed by atoms with van der Waals surface area (Å²) < 4.78 is 14.0. The second-order valence-electron chi connectivity index (χ2n) is 5.02. The van der Waals surface area contributed by atoms with Gasteiger partial charge in [-0.15, -0.1) is 0 Å². The molecule has 0 aliphatic heterocycles. The molecule has 0 saturated carbocycles. The maximum Gasteiger partial charge on any atom is 0.146 e. The highest BCUT2D eigenvalue weighted by atomic mass is 19.1. The molecule has 2 aromatic rings. The average molecular weight is 272 g/mol. The van der Waals surface area contributed by atoms with Crippen molar-refractivity contribution in [2.75, 3.05) is 11.9 Å². The summed E-state index contributed by atoms with van der Waals surface area (Å²) in [6, 6.07) is 13.6. The lowest BCUT2D eigenvalue weighted by Crippen LogP contribution is -2.18. The Morgan fingerprint density at radius 2 is 1.60 bits per heavy atom. The summed E-state index contributed by atoms with van der Waals surface area (Å²) in [5.74, 6) is -0.222. The van der Waals surface area contributed by atoms with Gasteiger partial charge in [0, 0.05) is 20.1 Å². The van der Waals surface area contributed by atoms with E-state index in [0.29, 0.717) is 18.8 Å². The number of hydrogen-bond donors (Lipinski definition) is 1. The number of rotatable bonds is 5. The van der Waals surface area contributed by atoms with Gasteiger partial charge in [0.25, 0.3) is 0 Å². The summed E-state index contributed by atoms with van der Waals surface area (Å²) in [6.07, 6.45) is 1.03. The SMILES string of the molecule is CCc1ccc(CN(C)c2ccc(CN)cc2F)cc1. The Kier molecular flexibility index (Phi) is 4.74. The van der Waals surface area contributed by atoms with Gasteiger partial charge in [0.05, 0.1) is 5.69 Å². The van der Waals surface area contributed by atoms with Gasteiger partial charge in [0.15, 0.2) is 0 Å². The standard InChI is InChI=1S/C17H21FN2/c1-3-13-4-6-14(7-5-13)12-20(2)17-9-8-15(11-19)10-16(17)18/h4-10H,3,11-12,19H2,1-2H3. The Balaban J connectivity index is 2.12. The zero-order valence-electron chi connectivity index (χ0n) is 12.1. The van der Waals surface area contributed by atoms with Crippen LogP contribution >= 0.6 is 0 Å². The molecule has 0 unspecified atom stereocenters. The molecule has 0 aromatic heterocycles. The van der Waals surface area contributed by atoms with Gasteiger partial charge >= 0.3 is 0 Å². The maximum absolute atomic E-state index is 14.0. The number of halogens is 1. The summed E-state index contributed by atoms with van der Waals surface area (Å²) in [6.45, 7) is 3.18. The first-order chi connectivity index (χ1) is 9.63. The Morgan fingerprint density at radius 1 is 1.00 bits per heavy atom. The predicted molar refractivity (Wildman–Crippen MR) is 82.2 cm³/mol. The monoisotopic (exact) mass is 272 g/mol. The predicted octanol–water partition coefficient (Wildman–Crippen LogP) is 3.48. The van der Waals surface area contributed by atoms with Crippen LogP contribution in [0.4, 0.5) is 10.1 Å². The quantitative estimate of drug-likeness (QED) is 0.903. The molecule has 0 spiro atoms. The van der Waals surface area contributed by atoms with E-state index in [1.54, 1.807) is 6.07 Å². The minimum atomic E-state index is -0.222. The minimum absolute atomic E-state index is 0.222. The van der Waals surface area contributed by atoms with Crippen molar-refractivity contribution in [1.29, 1.82) is 0 Å². The van der Waals surface area contributed by atoms with E-state index in [2.05, 4.69) is 31.2 Å². The first kappa shape index (κ1) is 14.5. The van der Waals surface area contributed by atoms with Crippen molar-refractivity contribution in [2.45, 2.75) is 26.4 Å². The molecule has 0 fully saturated rings. The molecule has 2 aromatic carbocycles. The molecule has 0 radical (unpaired) electrons. The molecule has 0 atom stereocenters. The van der Waals surface area contributed by atoms with Crippen LogP contribution in [0, 0.1) is 5.82 Å². The van der Waals surface area contributed by atoms with Gasteiger partial charge in [0.2, 0.25) is 0 Å². The lowest BCUT2D eigenvalue weighted by Gasteiger charge is -2.20. The number of nitrogens with zero attached hydrogens (tertiary/aromatic N) is 1. The summed E-state index contributed by atoms with van der Waals surface area (Å²) in [5, 5.41) is 0. The van der Waals surface area contributed by atoms with Crippen molar-refractivity contribution >= 4 is 5.69 Å². The fourth-order valence-electron chi connectivity index (χ4n) is 2.23. The normalized spacial score (nSPS) is 10.6. The van der Waals surface area contributed by atoms with E-state index in [1.807, 2.05) is 18.0 Å². The van der Waals surface area contributed by atoms with Crippen molar-refractivity contribution in [3.05, 3.63) is 65.0 Å². The van der Waals surface area contributed by atoms with E-state index >= 15 is 0 Å². The van der Waals surface area contributed by atoms with Crippen LogP contribution in [0.15, 0.2) is 42.5 Å². The maximum atomic E-state index is 14.0. The number of benzene rings is 2. The number of anilines is 1. The lowest BCUT2D eigenvalue weighted by atomic mass is 10.1. The number of nitrogens with two attached hydrogens (primary N) is 1. The van der Waals surface area contributed by atoms with Gasteiger partial charge in [-0.1, -0.05) is 37.3 Å². The summed E-state index contributed by atoms with van der Waals surface area (Å²) in [7, 11) is 1.90. The first-order valence-electron chi connectivity index (χ1n) is 6.91. The fraction of sp³-hybridized carbons (Fsp3) is 0.294. The summed E-state index contributed by atoms with van der Waals surface area (Å²) in [4.78, 5) is 1.91. The second-order valence-corrected chi connectivity index (χ2v) is 5.02. The highest BCUT2D eigenvalue weighted by Crippen LogP contribution is 2.21. The van der Waals surface area contributed by atoms with Gasteiger partial charge in [-0.05, 0) is 35.2 Å². The molecule has 0 bridgehead atoms. The highest BCUT2D eigenvalue weighted by molar-refractivity contribution is 5.49. The summed E-state index contributed by atoms with van der Waals surface area (Å²) >= 11 is 0. The van der Waals surface area contributed by atoms with Gasteiger partial charge in [0.1, 0.15) is 5.82 Å². The zero-order valence-corrected chi connectivity index (χ0v) is 12.1. The molecule has 0 amide bonds. The Morgan fingerprint density at radius 3 is 2.15 bits per heavy atom. The van der Waals surface area contributed by atoms with Crippen LogP contribution in [0.3, 0.4) is 0 Å². The smallest absolute Gasteiger partial charge is 0.146 e. The first-order valence-corrected chi connectivity index (χ1v) is 6.91. The van der Waals surface area contributed by atoms with Crippen LogP contribution in [-0.2, 0) is 19.5 Å². The van der Waals surface area contributed by atoms with E-state index in [-0.39, 0.29) is 5.82 Å². The Hall–Kier alpha value is -1.87. The highest BCUT2D eigenvalue weighted by Gasteiger charge is 2.08. The van der Waals surface area contributed by atoms with E-state index in [1.165, 1.54) is 17.2 Å². The van der Waals surface area contributed by atoms with Crippen LogP contribution in [0.1, 0.15) is 23.6 Å². The van der Waals surface area contributed by atoms with Crippen molar-refractivity contribution < 1.29 is 4.39 Å². The molecule has 3 heteroatoms. The van der Waals surface area contributed by atoms with Gasteiger partial charge in [-0.25, -0.2) is 4.39 Å². The third-order valence-electron chi connectivity index (χ3n) is 3.51. The third-order valence-corrected chi connectivity index (χ3v) is 3.51. The molecular formula is C17H21FN2. The molecule has 0 heterocycles. The van der Waals surface area contributed by atoms with Crippen molar-refractivity contribution in [3.8, 4) is 0 Å². The van der Waals surface area contributed by atoms with Crippen LogP contribution in [-0.4, -0.2) is 7.05 Å². The lowest BCUT2D eigenvalue weighted by molar-refractivity contribution is 0.620. The van der Waals surface area contributed by atoms with E-state index in [9.17, 15) is 4.39 Å². The molecule has 0 aliphatic carbocycles. The topological polar surface area (TPSA) is 29.3 Å². The molecule has 2 nitrogen and oxygen atoms in total. The van der Waals surface area contributed by atoms with Crippen LogP contribution < -0.4 is 10.6 Å². The van der Waals surface area contributed by atoms with Gasteiger partial charge in [-0.3, -0.25) is 0 Å². The fourth-order valence-corrected chi connectivity index (χ4v) is 2.23. The molecule has 0 saturated heterocycles. The summed E-state index contributed by atoms with van der Waals surface area (Å²) in [5.41, 5.74) is 9.41. The molecule has 20 heavy (non-hydrogen) atoms. The second kappa shape index (κ2) is 6.53. The number of aryl methyl sites for hydroxylation is 1. The van der Waals surface area contributed by atoms with E-state index < -0.39 is 0 Å².